The van der Waals surface area contributed by atoms with E-state index in [0.29, 0.717) is 10.4 Å². The molecule has 0 aliphatic carbocycles. The summed E-state index contributed by atoms with van der Waals surface area (Å²) < 4.78 is 0. The average Bonchev–Trinajstić information content (AvgIpc) is 2.29. The lowest BCUT2D eigenvalue weighted by Gasteiger charge is -2.21. The number of hydrogen-bond acceptors (Lipinski definition) is 5. The Balaban J connectivity index is 2.04. The molecule has 0 saturated carbocycles. The molecule has 1 aromatic heterocycles. The summed E-state index contributed by atoms with van der Waals surface area (Å²) in [5.41, 5.74) is 0. The Labute approximate surface area is 109 Å². The molecule has 0 unspecified atom stereocenters. The maximum atomic E-state index is 5.96. The quantitative estimate of drug-likeness (QED) is 0.522. The highest BCUT2D eigenvalue weighted by Gasteiger charge is 2.15. The number of thioether (sulfide) groups is 2. The van der Waals surface area contributed by atoms with Gasteiger partial charge in [0.25, 0.3) is 0 Å². The summed E-state index contributed by atoms with van der Waals surface area (Å²) in [6.07, 6.45) is 4.35. The van der Waals surface area contributed by atoms with Gasteiger partial charge in [-0.3, -0.25) is 0 Å². The van der Waals surface area contributed by atoms with Crippen LogP contribution in [0, 0.1) is 0 Å². The Bertz CT molecular complexity index is 356. The fourth-order valence-electron chi connectivity index (χ4n) is 1.61. The molecule has 1 aliphatic heterocycles. The van der Waals surface area contributed by atoms with Gasteiger partial charge in [0.05, 0.1) is 0 Å². The Hall–Kier alpha value is 0.0300. The molecule has 0 amide bonds. The molecule has 2 rings (SSSR count). The summed E-state index contributed by atoms with van der Waals surface area (Å²) in [5.74, 6) is 0. The molecule has 6 heteroatoms. The molecule has 16 heavy (non-hydrogen) atoms. The third-order valence-electron chi connectivity index (χ3n) is 2.41. The fourth-order valence-corrected chi connectivity index (χ4v) is 3.48. The van der Waals surface area contributed by atoms with Gasteiger partial charge in [-0.1, -0.05) is 23.4 Å². The Morgan fingerprint density at radius 2 is 2.12 bits per heavy atom. The van der Waals surface area contributed by atoms with Gasteiger partial charge in [-0.2, -0.15) is 0 Å². The maximum absolute atomic E-state index is 5.96. The molecular formula is C10H14ClN3S2. The number of nitrogens with zero attached hydrogens (tertiary/aromatic N) is 2. The van der Waals surface area contributed by atoms with Crippen LogP contribution in [0.4, 0.5) is 0 Å². The average molecular weight is 276 g/mol. The second-order valence-electron chi connectivity index (χ2n) is 3.58. The lowest BCUT2D eigenvalue weighted by molar-refractivity contribution is 0.531. The van der Waals surface area contributed by atoms with Crippen LogP contribution in [0.25, 0.3) is 0 Å². The molecule has 0 bridgehead atoms. The second kappa shape index (κ2) is 6.10. The largest absolute Gasteiger partial charge is 0.317 e. The monoisotopic (exact) mass is 275 g/mol. The molecule has 0 spiro atoms. The first kappa shape index (κ1) is 12.5. The van der Waals surface area contributed by atoms with E-state index in [1.165, 1.54) is 24.6 Å². The number of nitrogens with one attached hydrogen (secondary N) is 1. The lowest BCUT2D eigenvalue weighted by atomic mass is 10.2. The van der Waals surface area contributed by atoms with Crippen LogP contribution in [0.2, 0.25) is 5.15 Å². The highest BCUT2D eigenvalue weighted by Crippen LogP contribution is 2.29. The first-order valence-electron chi connectivity index (χ1n) is 5.24. The zero-order chi connectivity index (χ0) is 11.4. The minimum absolute atomic E-state index is 0.538. The molecule has 3 nitrogen and oxygen atoms in total. The molecule has 0 radical (unpaired) electrons. The molecule has 1 saturated heterocycles. The lowest BCUT2D eigenvalue weighted by Crippen LogP contribution is -2.29. The van der Waals surface area contributed by atoms with E-state index in [-0.39, 0.29) is 0 Å². The molecule has 2 heterocycles. The van der Waals surface area contributed by atoms with Gasteiger partial charge in [0.15, 0.2) is 5.16 Å². The maximum Gasteiger partial charge on any atom is 0.189 e. The van der Waals surface area contributed by atoms with E-state index < -0.39 is 0 Å². The highest BCUT2D eigenvalue weighted by atomic mass is 35.5. The van der Waals surface area contributed by atoms with E-state index in [1.807, 2.05) is 24.1 Å². The molecule has 0 atom stereocenters. The molecule has 1 aromatic rings. The van der Waals surface area contributed by atoms with Crippen molar-refractivity contribution < 1.29 is 0 Å². The molecule has 0 aromatic carbocycles. The summed E-state index contributed by atoms with van der Waals surface area (Å²) in [4.78, 5) is 8.59. The van der Waals surface area contributed by atoms with Gasteiger partial charge in [0.2, 0.25) is 0 Å². The third kappa shape index (κ3) is 3.52. The van der Waals surface area contributed by atoms with Crippen LogP contribution in [0.3, 0.4) is 0 Å². The number of halogens is 1. The van der Waals surface area contributed by atoms with Crippen molar-refractivity contribution >= 4 is 35.1 Å². The molecule has 88 valence electrons. The van der Waals surface area contributed by atoms with E-state index in [1.54, 1.807) is 0 Å². The standard InChI is InChI=1S/C10H14ClN3S2/c1-15-10-13-8(11)6-9(14-10)16-7-2-4-12-5-3-7/h6-7,12H,2-5H2,1H3. The summed E-state index contributed by atoms with van der Waals surface area (Å²) in [6.45, 7) is 2.21. The minimum atomic E-state index is 0.538. The van der Waals surface area contributed by atoms with Crippen LogP contribution in [0.1, 0.15) is 12.8 Å². The molecule has 1 fully saturated rings. The van der Waals surface area contributed by atoms with E-state index in [0.717, 1.165) is 23.3 Å². The van der Waals surface area contributed by atoms with Crippen molar-refractivity contribution in [1.29, 1.82) is 0 Å². The summed E-state index contributed by atoms with van der Waals surface area (Å²) >= 11 is 9.30. The van der Waals surface area contributed by atoms with Gasteiger partial charge in [-0.15, -0.1) is 11.8 Å². The highest BCUT2D eigenvalue weighted by molar-refractivity contribution is 8.00. The van der Waals surface area contributed by atoms with Crippen molar-refractivity contribution in [1.82, 2.24) is 15.3 Å². The predicted octanol–water partition coefficient (Wildman–Crippen LogP) is 2.70. The van der Waals surface area contributed by atoms with Crippen molar-refractivity contribution in [3.63, 3.8) is 0 Å². The van der Waals surface area contributed by atoms with Crippen LogP contribution in [-0.4, -0.2) is 34.6 Å². The third-order valence-corrected chi connectivity index (χ3v) is 4.40. The summed E-state index contributed by atoms with van der Waals surface area (Å²) in [6, 6.07) is 1.86. The molecule has 1 N–H and O–H groups in total. The fraction of sp³-hybridized carbons (Fsp3) is 0.600. The van der Waals surface area contributed by atoms with Crippen molar-refractivity contribution in [3.05, 3.63) is 11.2 Å². The Morgan fingerprint density at radius 1 is 1.38 bits per heavy atom. The SMILES string of the molecule is CSc1nc(Cl)cc(SC2CCNCC2)n1. The first-order chi connectivity index (χ1) is 7.78. The van der Waals surface area contributed by atoms with Crippen LogP contribution in [0.15, 0.2) is 16.2 Å². The van der Waals surface area contributed by atoms with Crippen LogP contribution in [-0.2, 0) is 0 Å². The van der Waals surface area contributed by atoms with E-state index in [2.05, 4.69) is 15.3 Å². The second-order valence-corrected chi connectivity index (χ2v) is 6.06. The predicted molar refractivity (Wildman–Crippen MR) is 70.6 cm³/mol. The minimum Gasteiger partial charge on any atom is -0.317 e. The van der Waals surface area contributed by atoms with Gasteiger partial charge in [-0.05, 0) is 32.2 Å². The van der Waals surface area contributed by atoms with Crippen molar-refractivity contribution in [3.8, 4) is 0 Å². The van der Waals surface area contributed by atoms with Gasteiger partial charge < -0.3 is 5.32 Å². The number of hydrogen-bond donors (Lipinski definition) is 1. The van der Waals surface area contributed by atoms with Gasteiger partial charge >= 0.3 is 0 Å². The van der Waals surface area contributed by atoms with Crippen molar-refractivity contribution in [2.24, 2.45) is 0 Å². The van der Waals surface area contributed by atoms with Crippen LogP contribution < -0.4 is 5.32 Å². The zero-order valence-electron chi connectivity index (χ0n) is 9.07. The van der Waals surface area contributed by atoms with Gasteiger partial charge in [0, 0.05) is 11.3 Å². The Kier molecular flexibility index (Phi) is 4.76. The Morgan fingerprint density at radius 3 is 2.81 bits per heavy atom. The van der Waals surface area contributed by atoms with Gasteiger partial charge in [-0.25, -0.2) is 9.97 Å². The van der Waals surface area contributed by atoms with E-state index in [4.69, 9.17) is 11.6 Å². The van der Waals surface area contributed by atoms with Crippen LogP contribution in [0.5, 0.6) is 0 Å². The molecular weight excluding hydrogens is 262 g/mol. The summed E-state index contributed by atoms with van der Waals surface area (Å²) in [7, 11) is 0. The number of aromatic nitrogens is 2. The first-order valence-corrected chi connectivity index (χ1v) is 7.72. The van der Waals surface area contributed by atoms with Crippen molar-refractivity contribution in [2.45, 2.75) is 28.3 Å². The van der Waals surface area contributed by atoms with Gasteiger partial charge in [0.1, 0.15) is 10.2 Å². The number of piperidine rings is 1. The number of rotatable bonds is 3. The molecule has 1 aliphatic rings. The normalized spacial score (nSPS) is 17.6. The van der Waals surface area contributed by atoms with E-state index >= 15 is 0 Å². The topological polar surface area (TPSA) is 37.8 Å². The zero-order valence-corrected chi connectivity index (χ0v) is 11.5. The van der Waals surface area contributed by atoms with E-state index in [9.17, 15) is 0 Å². The smallest absolute Gasteiger partial charge is 0.189 e. The summed E-state index contributed by atoms with van der Waals surface area (Å²) in [5, 5.41) is 6.30. The van der Waals surface area contributed by atoms with Crippen molar-refractivity contribution in [2.75, 3.05) is 19.3 Å². The van der Waals surface area contributed by atoms with Crippen LogP contribution >= 0.6 is 35.1 Å².